The number of carbonyl (C=O) groups excluding carboxylic acids is 1. The van der Waals surface area contributed by atoms with Crippen LogP contribution in [0.2, 0.25) is 0 Å². The number of aromatic nitrogens is 2. The van der Waals surface area contributed by atoms with Gasteiger partial charge in [-0.05, 0) is 26.0 Å². The van der Waals surface area contributed by atoms with Gasteiger partial charge in [-0.2, -0.15) is 5.10 Å². The summed E-state index contributed by atoms with van der Waals surface area (Å²) in [4.78, 5) is 14.4. The number of hydrogen-bond donors (Lipinski definition) is 0. The minimum atomic E-state index is -0.721. The maximum atomic E-state index is 14.0. The number of hydrogen-bond acceptors (Lipinski definition) is 3. The Labute approximate surface area is 132 Å². The molecule has 122 valence electrons. The topological polar surface area (TPSA) is 47.4 Å². The van der Waals surface area contributed by atoms with Gasteiger partial charge in [0.25, 0.3) is 5.91 Å². The highest BCUT2D eigenvalue weighted by molar-refractivity contribution is 5.96. The smallest absolute Gasteiger partial charge is 0.257 e. The van der Waals surface area contributed by atoms with Crippen molar-refractivity contribution in [1.82, 2.24) is 14.7 Å². The second-order valence-electron chi connectivity index (χ2n) is 5.46. The first-order chi connectivity index (χ1) is 11.0. The predicted molar refractivity (Wildman–Crippen MR) is 79.7 cm³/mol. The molecule has 1 aliphatic heterocycles. The van der Waals surface area contributed by atoms with Crippen molar-refractivity contribution in [1.29, 1.82) is 0 Å². The number of aryl methyl sites for hydroxylation is 1. The monoisotopic (exact) mass is 321 g/mol. The van der Waals surface area contributed by atoms with Crippen LogP contribution in [0.1, 0.15) is 21.7 Å². The average Bonchev–Trinajstić information content (AvgIpc) is 2.82. The van der Waals surface area contributed by atoms with E-state index in [2.05, 4.69) is 5.10 Å². The molecule has 1 aliphatic rings. The van der Waals surface area contributed by atoms with E-state index < -0.39 is 11.6 Å². The molecule has 0 bridgehead atoms. The summed E-state index contributed by atoms with van der Waals surface area (Å²) in [5.74, 6) is -1.52. The Hall–Kier alpha value is -2.28. The van der Waals surface area contributed by atoms with E-state index in [4.69, 9.17) is 4.74 Å². The van der Waals surface area contributed by atoms with E-state index in [1.54, 1.807) is 18.7 Å². The van der Waals surface area contributed by atoms with Gasteiger partial charge in [0, 0.05) is 19.2 Å². The van der Waals surface area contributed by atoms with Crippen LogP contribution in [0.25, 0.3) is 5.69 Å². The molecule has 5 nitrogen and oxygen atoms in total. The van der Waals surface area contributed by atoms with Gasteiger partial charge in [-0.1, -0.05) is 0 Å². The fourth-order valence-corrected chi connectivity index (χ4v) is 2.76. The Balaban J connectivity index is 2.00. The number of halogens is 2. The highest BCUT2D eigenvalue weighted by atomic mass is 19.1. The van der Waals surface area contributed by atoms with Crippen molar-refractivity contribution in [3.63, 3.8) is 0 Å². The van der Waals surface area contributed by atoms with Crippen LogP contribution in [0.5, 0.6) is 0 Å². The van der Waals surface area contributed by atoms with Crippen molar-refractivity contribution in [3.05, 3.63) is 46.8 Å². The van der Waals surface area contributed by atoms with Crippen LogP contribution in [-0.4, -0.2) is 46.9 Å². The van der Waals surface area contributed by atoms with Crippen molar-refractivity contribution in [2.24, 2.45) is 0 Å². The largest absolute Gasteiger partial charge is 0.378 e. The summed E-state index contributed by atoms with van der Waals surface area (Å²) >= 11 is 0. The van der Waals surface area contributed by atoms with Crippen LogP contribution < -0.4 is 0 Å². The molecule has 1 aromatic heterocycles. The fraction of sp³-hybridized carbons (Fsp3) is 0.375. The minimum Gasteiger partial charge on any atom is -0.378 e. The van der Waals surface area contributed by atoms with Gasteiger partial charge in [-0.3, -0.25) is 4.79 Å². The minimum absolute atomic E-state index is 0.119. The predicted octanol–water partition coefficient (Wildman–Crippen LogP) is 2.24. The van der Waals surface area contributed by atoms with Crippen LogP contribution in [0.4, 0.5) is 8.78 Å². The molecule has 2 aromatic rings. The Kier molecular flexibility index (Phi) is 4.12. The van der Waals surface area contributed by atoms with Gasteiger partial charge in [-0.25, -0.2) is 13.5 Å². The van der Waals surface area contributed by atoms with Gasteiger partial charge in [0.1, 0.15) is 11.5 Å². The van der Waals surface area contributed by atoms with Gasteiger partial charge in [-0.15, -0.1) is 0 Å². The first-order valence-electron chi connectivity index (χ1n) is 7.37. The summed E-state index contributed by atoms with van der Waals surface area (Å²) in [5.41, 5.74) is 1.62. The second-order valence-corrected chi connectivity index (χ2v) is 5.46. The highest BCUT2D eigenvalue weighted by Gasteiger charge is 2.26. The molecule has 3 rings (SSSR count). The van der Waals surface area contributed by atoms with Gasteiger partial charge in [0.15, 0.2) is 5.82 Å². The molecule has 23 heavy (non-hydrogen) atoms. The van der Waals surface area contributed by atoms with E-state index in [9.17, 15) is 13.6 Å². The van der Waals surface area contributed by atoms with Crippen LogP contribution in [0.3, 0.4) is 0 Å². The van der Waals surface area contributed by atoms with Crippen LogP contribution in [-0.2, 0) is 4.74 Å². The lowest BCUT2D eigenvalue weighted by atomic mass is 10.1. The first kappa shape index (κ1) is 15.6. The maximum Gasteiger partial charge on any atom is 0.257 e. The SMILES string of the molecule is Cc1nn(-c2ccc(F)cc2F)c(C)c1C(=O)N1CCOCC1. The van der Waals surface area contributed by atoms with E-state index in [0.29, 0.717) is 43.3 Å². The fourth-order valence-electron chi connectivity index (χ4n) is 2.76. The van der Waals surface area contributed by atoms with Crippen molar-refractivity contribution in [3.8, 4) is 5.69 Å². The summed E-state index contributed by atoms with van der Waals surface area (Å²) < 4.78 is 33.7. The third-order valence-corrected chi connectivity index (χ3v) is 3.94. The summed E-state index contributed by atoms with van der Waals surface area (Å²) in [6, 6.07) is 3.28. The van der Waals surface area contributed by atoms with E-state index >= 15 is 0 Å². The number of benzene rings is 1. The molecule has 1 saturated heterocycles. The first-order valence-corrected chi connectivity index (χ1v) is 7.37. The molecule has 0 N–H and O–H groups in total. The lowest BCUT2D eigenvalue weighted by Gasteiger charge is -2.26. The zero-order valence-corrected chi connectivity index (χ0v) is 13.0. The summed E-state index contributed by atoms with van der Waals surface area (Å²) in [5, 5.41) is 4.26. The van der Waals surface area contributed by atoms with E-state index in [0.717, 1.165) is 6.07 Å². The summed E-state index contributed by atoms with van der Waals surface area (Å²) in [6.07, 6.45) is 0. The van der Waals surface area contributed by atoms with E-state index in [1.807, 2.05) is 0 Å². The van der Waals surface area contributed by atoms with Gasteiger partial charge >= 0.3 is 0 Å². The molecule has 0 atom stereocenters. The standard InChI is InChI=1S/C16H17F2N3O2/c1-10-15(16(22)20-5-7-23-8-6-20)11(2)21(19-10)14-4-3-12(17)9-13(14)18/h3-4,9H,5-8H2,1-2H3. The molecule has 2 heterocycles. The Morgan fingerprint density at radius 3 is 2.57 bits per heavy atom. The quantitative estimate of drug-likeness (QED) is 0.852. The molecule has 0 aliphatic carbocycles. The lowest BCUT2D eigenvalue weighted by molar-refractivity contribution is 0.0302. The van der Waals surface area contributed by atoms with Crippen molar-refractivity contribution in [2.45, 2.75) is 13.8 Å². The molecular weight excluding hydrogens is 304 g/mol. The van der Waals surface area contributed by atoms with Gasteiger partial charge < -0.3 is 9.64 Å². The number of nitrogens with zero attached hydrogens (tertiary/aromatic N) is 3. The van der Waals surface area contributed by atoms with Crippen LogP contribution in [0, 0.1) is 25.5 Å². The average molecular weight is 321 g/mol. The molecule has 0 unspecified atom stereocenters. The summed E-state index contributed by atoms with van der Waals surface area (Å²) in [6.45, 7) is 5.46. The molecule has 1 amide bonds. The Morgan fingerprint density at radius 1 is 1.22 bits per heavy atom. The van der Waals surface area contributed by atoms with Crippen molar-refractivity contribution in [2.75, 3.05) is 26.3 Å². The third-order valence-electron chi connectivity index (χ3n) is 3.94. The molecule has 7 heteroatoms. The third kappa shape index (κ3) is 2.84. The Morgan fingerprint density at radius 2 is 1.91 bits per heavy atom. The Bertz CT molecular complexity index is 752. The molecule has 1 fully saturated rings. The lowest BCUT2D eigenvalue weighted by Crippen LogP contribution is -2.41. The highest BCUT2D eigenvalue weighted by Crippen LogP contribution is 2.22. The number of carbonyl (C=O) groups is 1. The van der Waals surface area contributed by atoms with E-state index in [-0.39, 0.29) is 11.6 Å². The molecule has 0 spiro atoms. The van der Waals surface area contributed by atoms with Gasteiger partial charge in [0.2, 0.25) is 0 Å². The van der Waals surface area contributed by atoms with Crippen LogP contribution >= 0.6 is 0 Å². The second kappa shape index (κ2) is 6.08. The normalized spacial score (nSPS) is 15.0. The zero-order valence-electron chi connectivity index (χ0n) is 13.0. The number of rotatable bonds is 2. The zero-order chi connectivity index (χ0) is 16.6. The summed E-state index contributed by atoms with van der Waals surface area (Å²) in [7, 11) is 0. The number of morpholine rings is 1. The molecular formula is C16H17F2N3O2. The molecule has 1 aromatic carbocycles. The number of ether oxygens (including phenoxy) is 1. The van der Waals surface area contributed by atoms with Crippen molar-refractivity contribution >= 4 is 5.91 Å². The van der Waals surface area contributed by atoms with E-state index in [1.165, 1.54) is 16.8 Å². The molecule has 0 radical (unpaired) electrons. The van der Waals surface area contributed by atoms with Gasteiger partial charge in [0.05, 0.1) is 30.2 Å². The molecule has 0 saturated carbocycles. The van der Waals surface area contributed by atoms with Crippen molar-refractivity contribution < 1.29 is 18.3 Å². The van der Waals surface area contributed by atoms with Crippen LogP contribution in [0.15, 0.2) is 18.2 Å². The maximum absolute atomic E-state index is 14.0. The number of amides is 1.